The molecule has 1 aliphatic rings. The van der Waals surface area contributed by atoms with Crippen LogP contribution >= 0.6 is 0 Å². The quantitative estimate of drug-likeness (QED) is 0.811. The molecule has 1 aliphatic heterocycles. The molecule has 23 heavy (non-hydrogen) atoms. The van der Waals surface area contributed by atoms with Crippen molar-refractivity contribution < 1.29 is 14.0 Å². The maximum Gasteiger partial charge on any atom is 0.498 e. The smallest absolute Gasteiger partial charge is 0.459 e. The fourth-order valence-corrected chi connectivity index (χ4v) is 2.22. The van der Waals surface area contributed by atoms with Crippen molar-refractivity contribution >= 4 is 12.6 Å². The molecule has 0 unspecified atom stereocenters. The summed E-state index contributed by atoms with van der Waals surface area (Å²) in [6.07, 6.45) is 3.38. The van der Waals surface area contributed by atoms with Gasteiger partial charge >= 0.3 is 13.1 Å². The molecule has 1 saturated heterocycles. The molecule has 1 fully saturated rings. The van der Waals surface area contributed by atoms with Gasteiger partial charge in [0, 0.05) is 17.9 Å². The first-order valence-electron chi connectivity index (χ1n) is 7.72. The highest BCUT2D eigenvalue weighted by Crippen LogP contribution is 2.36. The Labute approximate surface area is 137 Å². The van der Waals surface area contributed by atoms with E-state index < -0.39 is 7.12 Å². The van der Waals surface area contributed by atoms with Crippen molar-refractivity contribution in [3.05, 3.63) is 48.3 Å². The Morgan fingerprint density at radius 3 is 2.09 bits per heavy atom. The van der Waals surface area contributed by atoms with E-state index in [4.69, 9.17) is 14.0 Å². The molecule has 0 amide bonds. The van der Waals surface area contributed by atoms with Crippen molar-refractivity contribution in [1.82, 2.24) is 9.97 Å². The third-order valence-corrected chi connectivity index (χ3v) is 4.38. The molecule has 2 heterocycles. The molecule has 0 saturated carbocycles. The summed E-state index contributed by atoms with van der Waals surface area (Å²) in [6, 6.07) is 10.3. The zero-order chi connectivity index (χ0) is 16.5. The highest BCUT2D eigenvalue weighted by Gasteiger charge is 2.51. The van der Waals surface area contributed by atoms with Crippen LogP contribution in [0.3, 0.4) is 0 Å². The first-order valence-corrected chi connectivity index (χ1v) is 7.72. The van der Waals surface area contributed by atoms with E-state index in [1.54, 1.807) is 12.4 Å². The van der Waals surface area contributed by atoms with E-state index in [2.05, 4.69) is 9.97 Å². The van der Waals surface area contributed by atoms with Crippen molar-refractivity contribution in [2.24, 2.45) is 0 Å². The van der Waals surface area contributed by atoms with E-state index in [1.807, 2.05) is 58.0 Å². The van der Waals surface area contributed by atoms with Gasteiger partial charge in [0.15, 0.2) is 0 Å². The zero-order valence-corrected chi connectivity index (χ0v) is 13.9. The summed E-state index contributed by atoms with van der Waals surface area (Å²) in [5.41, 5.74) is 1.11. The summed E-state index contributed by atoms with van der Waals surface area (Å²) in [7, 11) is -0.455. The Hall–Kier alpha value is -1.92. The summed E-state index contributed by atoms with van der Waals surface area (Å²) in [5, 5.41) is 0. The minimum atomic E-state index is -0.455. The number of ether oxygens (including phenoxy) is 1. The predicted octanol–water partition coefficient (Wildman–Crippen LogP) is 2.35. The maximum absolute atomic E-state index is 5.98. The van der Waals surface area contributed by atoms with E-state index in [0.29, 0.717) is 12.6 Å². The molecule has 1 aromatic carbocycles. The highest BCUT2D eigenvalue weighted by molar-refractivity contribution is 6.61. The predicted molar refractivity (Wildman–Crippen MR) is 88.5 cm³/mol. The molecule has 5 nitrogen and oxygen atoms in total. The standard InChI is InChI=1S/C17H21BN2O3/c1-16(2)17(3,4)23-18(22-16)14-10-19-15(20-11-14)21-12-13-8-6-5-7-9-13/h5-11H,12H2,1-4H3. The van der Waals surface area contributed by atoms with Gasteiger partial charge in [-0.05, 0) is 33.3 Å². The normalized spacial score (nSPS) is 18.9. The Kier molecular flexibility index (Phi) is 4.12. The van der Waals surface area contributed by atoms with Crippen molar-refractivity contribution in [1.29, 1.82) is 0 Å². The number of aromatic nitrogens is 2. The molecule has 2 aromatic rings. The fourth-order valence-electron chi connectivity index (χ4n) is 2.22. The average Bonchev–Trinajstić information content (AvgIpc) is 2.75. The zero-order valence-electron chi connectivity index (χ0n) is 13.9. The number of hydrogen-bond donors (Lipinski definition) is 0. The number of nitrogens with zero attached hydrogens (tertiary/aromatic N) is 2. The molecule has 1 aromatic heterocycles. The van der Waals surface area contributed by atoms with Gasteiger partial charge in [-0.15, -0.1) is 0 Å². The van der Waals surface area contributed by atoms with E-state index in [-0.39, 0.29) is 11.2 Å². The Balaban J connectivity index is 1.64. The highest BCUT2D eigenvalue weighted by atomic mass is 16.7. The van der Waals surface area contributed by atoms with Crippen molar-refractivity contribution in [2.45, 2.75) is 45.5 Å². The van der Waals surface area contributed by atoms with Crippen LogP contribution in [0.4, 0.5) is 0 Å². The lowest BCUT2D eigenvalue weighted by Gasteiger charge is -2.32. The third-order valence-electron chi connectivity index (χ3n) is 4.38. The number of benzene rings is 1. The molecular formula is C17H21BN2O3. The van der Waals surface area contributed by atoms with Crippen LogP contribution < -0.4 is 10.2 Å². The van der Waals surface area contributed by atoms with E-state index >= 15 is 0 Å². The molecule has 3 rings (SSSR count). The Morgan fingerprint density at radius 1 is 0.957 bits per heavy atom. The second kappa shape index (κ2) is 5.94. The van der Waals surface area contributed by atoms with Gasteiger partial charge in [0.1, 0.15) is 6.61 Å². The molecule has 6 heteroatoms. The second-order valence-electron chi connectivity index (χ2n) is 6.66. The van der Waals surface area contributed by atoms with Crippen LogP contribution in [0.5, 0.6) is 6.01 Å². The van der Waals surface area contributed by atoms with Crippen molar-refractivity contribution in [3.8, 4) is 6.01 Å². The topological polar surface area (TPSA) is 53.5 Å². The van der Waals surface area contributed by atoms with Gasteiger partial charge in [0.2, 0.25) is 0 Å². The van der Waals surface area contributed by atoms with Gasteiger partial charge in [0.05, 0.1) is 11.2 Å². The lowest BCUT2D eigenvalue weighted by Crippen LogP contribution is -2.41. The van der Waals surface area contributed by atoms with Crippen molar-refractivity contribution in [2.75, 3.05) is 0 Å². The molecular weight excluding hydrogens is 291 g/mol. The molecule has 0 spiro atoms. The van der Waals surface area contributed by atoms with E-state index in [0.717, 1.165) is 11.0 Å². The van der Waals surface area contributed by atoms with E-state index in [9.17, 15) is 0 Å². The van der Waals surface area contributed by atoms with E-state index in [1.165, 1.54) is 0 Å². The van der Waals surface area contributed by atoms with Crippen LogP contribution in [0.15, 0.2) is 42.7 Å². The second-order valence-corrected chi connectivity index (χ2v) is 6.66. The molecule has 0 N–H and O–H groups in total. The Bertz CT molecular complexity index is 643. The number of hydrogen-bond acceptors (Lipinski definition) is 5. The van der Waals surface area contributed by atoms with Crippen LogP contribution in [-0.2, 0) is 15.9 Å². The lowest BCUT2D eigenvalue weighted by molar-refractivity contribution is 0.00578. The SMILES string of the molecule is CC1(C)OB(c2cnc(OCc3ccccc3)nc2)OC1(C)C. The van der Waals surface area contributed by atoms with Gasteiger partial charge in [-0.1, -0.05) is 30.3 Å². The van der Waals surface area contributed by atoms with Gasteiger partial charge in [-0.2, -0.15) is 0 Å². The van der Waals surface area contributed by atoms with Crippen LogP contribution in [0.25, 0.3) is 0 Å². The summed E-state index contributed by atoms with van der Waals surface area (Å²) in [4.78, 5) is 8.48. The van der Waals surface area contributed by atoms with Gasteiger partial charge in [-0.3, -0.25) is 0 Å². The lowest BCUT2D eigenvalue weighted by atomic mass is 9.81. The summed E-state index contributed by atoms with van der Waals surface area (Å²) in [6.45, 7) is 8.52. The first-order chi connectivity index (χ1) is 10.9. The molecule has 0 aliphatic carbocycles. The van der Waals surface area contributed by atoms with Crippen LogP contribution in [0.2, 0.25) is 0 Å². The van der Waals surface area contributed by atoms with Gasteiger partial charge in [0.25, 0.3) is 0 Å². The first kappa shape index (κ1) is 16.0. The summed E-state index contributed by atoms with van der Waals surface area (Å²) >= 11 is 0. The van der Waals surface area contributed by atoms with Gasteiger partial charge in [-0.25, -0.2) is 9.97 Å². The minimum absolute atomic E-state index is 0.342. The average molecular weight is 312 g/mol. The fraction of sp³-hybridized carbons (Fsp3) is 0.412. The maximum atomic E-state index is 5.98. The van der Waals surface area contributed by atoms with Gasteiger partial charge < -0.3 is 14.0 Å². The molecule has 120 valence electrons. The monoisotopic (exact) mass is 312 g/mol. The molecule has 0 atom stereocenters. The molecule has 0 bridgehead atoms. The summed E-state index contributed by atoms with van der Waals surface area (Å²) in [5.74, 6) is 0. The van der Waals surface area contributed by atoms with Crippen LogP contribution in [-0.4, -0.2) is 28.3 Å². The Morgan fingerprint density at radius 2 is 1.52 bits per heavy atom. The van der Waals surface area contributed by atoms with Crippen LogP contribution in [0.1, 0.15) is 33.3 Å². The number of rotatable bonds is 4. The molecule has 0 radical (unpaired) electrons. The minimum Gasteiger partial charge on any atom is -0.459 e. The van der Waals surface area contributed by atoms with Crippen LogP contribution in [0, 0.1) is 0 Å². The largest absolute Gasteiger partial charge is 0.498 e. The van der Waals surface area contributed by atoms with Crippen molar-refractivity contribution in [3.63, 3.8) is 0 Å². The summed E-state index contributed by atoms with van der Waals surface area (Å²) < 4.78 is 17.5. The third kappa shape index (κ3) is 3.38.